The van der Waals surface area contributed by atoms with Gasteiger partial charge in [-0.05, 0) is 85.7 Å². The molecule has 0 heterocycles. The Labute approximate surface area is 241 Å². The lowest BCUT2D eigenvalue weighted by Crippen LogP contribution is -2.51. The smallest absolute Gasteiger partial charge is 0.253 e. The van der Waals surface area contributed by atoms with Crippen molar-refractivity contribution in [3.63, 3.8) is 0 Å². The molecule has 2 atom stereocenters. The minimum Gasteiger partial charge on any atom is -0.375 e. The van der Waals surface area contributed by atoms with E-state index in [1.807, 2.05) is 39.0 Å². The van der Waals surface area contributed by atoms with Crippen LogP contribution in [-0.4, -0.2) is 48.5 Å². The molecule has 0 saturated heterocycles. The second kappa shape index (κ2) is 15.4. The van der Waals surface area contributed by atoms with E-state index in [0.717, 1.165) is 30.0 Å². The summed E-state index contributed by atoms with van der Waals surface area (Å²) in [6, 6.07) is 15.0. The number of nitrogens with zero attached hydrogens (tertiary/aromatic N) is 1. The number of nitrogens with two attached hydrogens (primary N) is 1. The Balaban J connectivity index is 1.80. The summed E-state index contributed by atoms with van der Waals surface area (Å²) in [5.41, 5.74) is 10.6. The van der Waals surface area contributed by atoms with Crippen molar-refractivity contribution in [2.75, 3.05) is 19.7 Å². The van der Waals surface area contributed by atoms with Gasteiger partial charge in [0.15, 0.2) is 0 Å². The minimum atomic E-state index is -0.708. The number of halogens is 2. The topological polar surface area (TPSA) is 84.7 Å². The molecular weight excluding hydrogens is 524 g/mol. The Morgan fingerprint density at radius 3 is 2.27 bits per heavy atom. The van der Waals surface area contributed by atoms with Gasteiger partial charge in [0.05, 0.1) is 19.3 Å². The summed E-state index contributed by atoms with van der Waals surface area (Å²) in [7, 11) is 0. The van der Waals surface area contributed by atoms with Gasteiger partial charge in [0.25, 0.3) is 11.8 Å². The molecule has 0 radical (unpaired) electrons. The molecule has 220 valence electrons. The van der Waals surface area contributed by atoms with Crippen LogP contribution in [-0.2, 0) is 24.2 Å². The predicted molar refractivity (Wildman–Crippen MR) is 158 cm³/mol. The third kappa shape index (κ3) is 9.47. The van der Waals surface area contributed by atoms with Crippen molar-refractivity contribution in [1.82, 2.24) is 10.2 Å². The number of ether oxygens (including phenoxy) is 1. The second-order valence-corrected chi connectivity index (χ2v) is 10.4. The van der Waals surface area contributed by atoms with E-state index in [1.165, 1.54) is 17.7 Å². The van der Waals surface area contributed by atoms with Gasteiger partial charge in [-0.25, -0.2) is 8.78 Å². The number of nitrogens with one attached hydrogen (secondary N) is 1. The van der Waals surface area contributed by atoms with Gasteiger partial charge in [0.1, 0.15) is 11.6 Å². The van der Waals surface area contributed by atoms with Crippen LogP contribution in [0.1, 0.15) is 70.2 Å². The molecule has 0 spiro atoms. The van der Waals surface area contributed by atoms with Crippen molar-refractivity contribution < 1.29 is 23.1 Å². The molecule has 0 fully saturated rings. The highest BCUT2D eigenvalue weighted by molar-refractivity contribution is 6.00. The van der Waals surface area contributed by atoms with Gasteiger partial charge in [-0.2, -0.15) is 0 Å². The normalized spacial score (nSPS) is 12.6. The lowest BCUT2D eigenvalue weighted by Gasteiger charge is -2.26. The van der Waals surface area contributed by atoms with Crippen LogP contribution >= 0.6 is 0 Å². The number of hydrogen-bond acceptors (Lipinski definition) is 4. The first-order chi connectivity index (χ1) is 19.6. The van der Waals surface area contributed by atoms with Crippen LogP contribution in [0.15, 0.2) is 60.7 Å². The summed E-state index contributed by atoms with van der Waals surface area (Å²) in [4.78, 5) is 28.3. The minimum absolute atomic E-state index is 0.0913. The van der Waals surface area contributed by atoms with E-state index < -0.39 is 29.6 Å². The summed E-state index contributed by atoms with van der Waals surface area (Å²) in [5.74, 6) is -1.99. The van der Waals surface area contributed by atoms with Gasteiger partial charge in [0.2, 0.25) is 0 Å². The van der Waals surface area contributed by atoms with Gasteiger partial charge < -0.3 is 20.7 Å². The van der Waals surface area contributed by atoms with E-state index in [4.69, 9.17) is 10.5 Å². The predicted octanol–water partition coefficient (Wildman–Crippen LogP) is 5.59. The number of aryl methyl sites for hydroxylation is 2. The first kappa shape index (κ1) is 31.9. The highest BCUT2D eigenvalue weighted by Crippen LogP contribution is 2.16. The molecule has 1 unspecified atom stereocenters. The first-order valence-corrected chi connectivity index (χ1v) is 14.2. The van der Waals surface area contributed by atoms with Crippen molar-refractivity contribution in [3.8, 4) is 0 Å². The fourth-order valence-corrected chi connectivity index (χ4v) is 4.81. The van der Waals surface area contributed by atoms with E-state index in [2.05, 4.69) is 18.3 Å². The van der Waals surface area contributed by atoms with Crippen LogP contribution < -0.4 is 11.1 Å². The van der Waals surface area contributed by atoms with Crippen LogP contribution in [0.3, 0.4) is 0 Å². The summed E-state index contributed by atoms with van der Waals surface area (Å²) in [6.07, 6.45) is 1.83. The number of rotatable bonds is 14. The summed E-state index contributed by atoms with van der Waals surface area (Å²) < 4.78 is 33.8. The van der Waals surface area contributed by atoms with Crippen molar-refractivity contribution >= 4 is 11.8 Å². The Kier molecular flexibility index (Phi) is 12.0. The number of hydrogen-bond donors (Lipinski definition) is 2. The maximum absolute atomic E-state index is 14.0. The maximum atomic E-state index is 14.0. The monoisotopic (exact) mass is 565 g/mol. The molecule has 0 aromatic heterocycles. The molecule has 3 N–H and O–H groups in total. The van der Waals surface area contributed by atoms with Crippen LogP contribution in [0.25, 0.3) is 0 Å². The number of amides is 2. The fraction of sp³-hybridized carbons (Fsp3) is 0.394. The van der Waals surface area contributed by atoms with Gasteiger partial charge in [0, 0.05) is 36.3 Å². The molecule has 8 heteroatoms. The Hall–Kier alpha value is -3.62. The summed E-state index contributed by atoms with van der Waals surface area (Å²) >= 11 is 0. The fourth-order valence-electron chi connectivity index (χ4n) is 4.81. The second-order valence-electron chi connectivity index (χ2n) is 10.4. The van der Waals surface area contributed by atoms with Crippen molar-refractivity contribution in [2.24, 2.45) is 5.73 Å². The zero-order chi connectivity index (χ0) is 29.9. The Morgan fingerprint density at radius 1 is 0.927 bits per heavy atom. The zero-order valence-electron chi connectivity index (χ0n) is 24.4. The Morgan fingerprint density at radius 2 is 1.61 bits per heavy atom. The summed E-state index contributed by atoms with van der Waals surface area (Å²) in [5, 5.41) is 2.94. The van der Waals surface area contributed by atoms with E-state index >= 15 is 0 Å². The van der Waals surface area contributed by atoms with Gasteiger partial charge in [-0.3, -0.25) is 9.59 Å². The van der Waals surface area contributed by atoms with E-state index in [-0.39, 0.29) is 18.9 Å². The molecule has 3 rings (SSSR count). The molecular formula is C33H41F2N3O3. The number of carbonyl (C=O) groups excluding carboxylic acids is 2. The molecule has 0 saturated carbocycles. The van der Waals surface area contributed by atoms with Crippen LogP contribution in [0, 0.1) is 18.6 Å². The number of carbonyl (C=O) groups is 2. The molecule has 0 bridgehead atoms. The third-order valence-electron chi connectivity index (χ3n) is 6.94. The molecule has 3 aromatic carbocycles. The molecule has 41 heavy (non-hydrogen) atoms. The molecule has 6 nitrogen and oxygen atoms in total. The summed E-state index contributed by atoms with van der Waals surface area (Å²) in [6.45, 7) is 9.46. The standard InChI is InChI=1S/C33H41F2N3O3/c1-5-11-38(7-3)33(40)27-13-22(4)12-26(18-27)32(39)37-31(17-25-15-28(34)19-29(35)16-25)30(36)21-41-20-24-10-8-9-23(6-2)14-24/h8-10,12-16,18-19,30-31H,5-7,11,17,20-21,36H2,1-4H3,(H,37,39)/t30?,31-/m0/s1. The molecule has 0 aliphatic heterocycles. The first-order valence-electron chi connectivity index (χ1n) is 14.2. The highest BCUT2D eigenvalue weighted by atomic mass is 19.1. The third-order valence-corrected chi connectivity index (χ3v) is 6.94. The van der Waals surface area contributed by atoms with E-state index in [0.29, 0.717) is 36.4 Å². The van der Waals surface area contributed by atoms with Crippen molar-refractivity contribution in [1.29, 1.82) is 0 Å². The van der Waals surface area contributed by atoms with Crippen LogP contribution in [0.2, 0.25) is 0 Å². The quantitative estimate of drug-likeness (QED) is 0.267. The average molecular weight is 566 g/mol. The van der Waals surface area contributed by atoms with Gasteiger partial charge >= 0.3 is 0 Å². The van der Waals surface area contributed by atoms with Crippen molar-refractivity contribution in [2.45, 2.75) is 65.6 Å². The van der Waals surface area contributed by atoms with Gasteiger partial charge in [-0.15, -0.1) is 0 Å². The van der Waals surface area contributed by atoms with E-state index in [1.54, 1.807) is 23.1 Å². The lowest BCUT2D eigenvalue weighted by atomic mass is 9.98. The Bertz CT molecular complexity index is 1310. The van der Waals surface area contributed by atoms with E-state index in [9.17, 15) is 18.4 Å². The maximum Gasteiger partial charge on any atom is 0.253 e. The largest absolute Gasteiger partial charge is 0.375 e. The molecule has 0 aliphatic carbocycles. The average Bonchev–Trinajstić information content (AvgIpc) is 2.94. The van der Waals surface area contributed by atoms with Crippen LogP contribution in [0.5, 0.6) is 0 Å². The highest BCUT2D eigenvalue weighted by Gasteiger charge is 2.24. The van der Waals surface area contributed by atoms with Crippen LogP contribution in [0.4, 0.5) is 8.78 Å². The number of benzene rings is 3. The molecule has 2 amide bonds. The lowest BCUT2D eigenvalue weighted by molar-refractivity contribution is 0.0764. The molecule has 3 aromatic rings. The zero-order valence-corrected chi connectivity index (χ0v) is 24.4. The SMILES string of the molecule is CCCN(CC)C(=O)c1cc(C)cc(C(=O)N[C@@H](Cc2cc(F)cc(F)c2)C(N)COCc2cccc(CC)c2)c1. The van der Waals surface area contributed by atoms with Crippen molar-refractivity contribution in [3.05, 3.63) is 106 Å². The van der Waals surface area contributed by atoms with Gasteiger partial charge in [-0.1, -0.05) is 38.1 Å². The molecule has 0 aliphatic rings.